The molecule has 0 unspecified atom stereocenters. The summed E-state index contributed by atoms with van der Waals surface area (Å²) in [6.45, 7) is 2.40. The van der Waals surface area contributed by atoms with Gasteiger partial charge >= 0.3 is 0 Å². The molecular formula is C21H21F2N3O3S2. The lowest BCUT2D eigenvalue weighted by atomic mass is 10.1. The minimum Gasteiger partial charge on any atom is -0.298 e. The number of nitrogens with one attached hydrogen (secondary N) is 1. The number of unbranched alkanes of at least 4 members (excludes halogenated alkanes) is 1. The number of anilines is 1. The van der Waals surface area contributed by atoms with Crippen molar-refractivity contribution in [3.05, 3.63) is 65.0 Å². The fourth-order valence-corrected chi connectivity index (χ4v) is 4.70. The summed E-state index contributed by atoms with van der Waals surface area (Å²) >= 11 is 1.09. The number of halogens is 2. The van der Waals surface area contributed by atoms with Gasteiger partial charge in [0.1, 0.15) is 11.6 Å². The molecule has 31 heavy (non-hydrogen) atoms. The summed E-state index contributed by atoms with van der Waals surface area (Å²) < 4.78 is 53.4. The van der Waals surface area contributed by atoms with Crippen LogP contribution in [0, 0.1) is 11.6 Å². The first-order valence-corrected chi connectivity index (χ1v) is 11.8. The first-order valence-electron chi connectivity index (χ1n) is 9.51. The summed E-state index contributed by atoms with van der Waals surface area (Å²) in [5.74, 6) is -1.92. The third kappa shape index (κ3) is 5.33. The minimum absolute atomic E-state index is 0.103. The molecule has 0 radical (unpaired) electrons. The number of carbonyl (C=O) groups is 1. The predicted molar refractivity (Wildman–Crippen MR) is 117 cm³/mol. The van der Waals surface area contributed by atoms with Gasteiger partial charge in [0.05, 0.1) is 10.6 Å². The third-order valence-corrected chi connectivity index (χ3v) is 7.21. The van der Waals surface area contributed by atoms with Gasteiger partial charge in [0.25, 0.3) is 5.91 Å². The Balaban J connectivity index is 1.71. The van der Waals surface area contributed by atoms with E-state index < -0.39 is 27.6 Å². The maximum atomic E-state index is 13.9. The molecule has 1 amide bonds. The van der Waals surface area contributed by atoms with Gasteiger partial charge in [-0.1, -0.05) is 13.3 Å². The molecule has 0 saturated carbocycles. The Morgan fingerprint density at radius 1 is 1.16 bits per heavy atom. The molecule has 1 aromatic heterocycles. The van der Waals surface area contributed by atoms with Crippen LogP contribution in [0.1, 0.15) is 30.1 Å². The molecule has 2 aromatic carbocycles. The van der Waals surface area contributed by atoms with Crippen LogP contribution in [0.3, 0.4) is 0 Å². The summed E-state index contributed by atoms with van der Waals surface area (Å²) in [4.78, 5) is 16.7. The Bertz CT molecular complexity index is 1180. The smallest absolute Gasteiger partial charge is 0.257 e. The number of amides is 1. The molecule has 0 aliphatic heterocycles. The monoisotopic (exact) mass is 465 g/mol. The SMILES string of the molecule is CCCCN(C)S(=O)(=O)c1ccc(C(=O)Nc2nc(-c3ccc(F)cc3F)cs2)cc1. The number of carbonyl (C=O) groups excluding carboxylic acids is 1. The van der Waals surface area contributed by atoms with E-state index in [1.165, 1.54) is 41.7 Å². The Morgan fingerprint density at radius 2 is 1.87 bits per heavy atom. The summed E-state index contributed by atoms with van der Waals surface area (Å²) in [5.41, 5.74) is 0.647. The zero-order chi connectivity index (χ0) is 22.6. The summed E-state index contributed by atoms with van der Waals surface area (Å²) in [6.07, 6.45) is 1.64. The average molecular weight is 466 g/mol. The van der Waals surface area contributed by atoms with Gasteiger partial charge in [0.15, 0.2) is 5.13 Å². The molecule has 1 N–H and O–H groups in total. The minimum atomic E-state index is -3.62. The topological polar surface area (TPSA) is 79.4 Å². The molecule has 0 atom stereocenters. The van der Waals surface area contributed by atoms with Crippen LogP contribution in [0.2, 0.25) is 0 Å². The predicted octanol–water partition coefficient (Wildman–Crippen LogP) is 4.76. The van der Waals surface area contributed by atoms with E-state index in [1.54, 1.807) is 5.38 Å². The van der Waals surface area contributed by atoms with Crippen LogP contribution in [-0.4, -0.2) is 37.2 Å². The number of thiazole rings is 1. The Labute approximate surface area is 183 Å². The average Bonchev–Trinajstić information content (AvgIpc) is 3.20. The number of rotatable bonds is 8. The lowest BCUT2D eigenvalue weighted by Gasteiger charge is -2.16. The second kappa shape index (κ2) is 9.63. The standard InChI is InChI=1S/C21H21F2N3O3S2/c1-3-4-11-26(2)31(28,29)16-8-5-14(6-9-16)20(27)25-21-24-19(13-30-21)17-10-7-15(22)12-18(17)23/h5-10,12-13H,3-4,11H2,1-2H3,(H,24,25,27). The zero-order valence-electron chi connectivity index (χ0n) is 16.9. The van der Waals surface area contributed by atoms with E-state index in [2.05, 4.69) is 10.3 Å². The van der Waals surface area contributed by atoms with Crippen molar-refractivity contribution in [3.8, 4) is 11.3 Å². The number of hydrogen-bond donors (Lipinski definition) is 1. The van der Waals surface area contributed by atoms with Gasteiger partial charge in [0.2, 0.25) is 10.0 Å². The molecule has 0 spiro atoms. The number of sulfonamides is 1. The number of hydrogen-bond acceptors (Lipinski definition) is 5. The highest BCUT2D eigenvalue weighted by atomic mass is 32.2. The number of benzene rings is 2. The van der Waals surface area contributed by atoms with Gasteiger partial charge in [-0.05, 0) is 42.8 Å². The van der Waals surface area contributed by atoms with Gasteiger partial charge in [-0.25, -0.2) is 26.5 Å². The van der Waals surface area contributed by atoms with Crippen molar-refractivity contribution in [3.63, 3.8) is 0 Å². The van der Waals surface area contributed by atoms with E-state index in [0.29, 0.717) is 6.54 Å². The molecular weight excluding hydrogens is 444 g/mol. The molecule has 3 rings (SSSR count). The maximum Gasteiger partial charge on any atom is 0.257 e. The van der Waals surface area contributed by atoms with Crippen molar-refractivity contribution in [1.29, 1.82) is 0 Å². The van der Waals surface area contributed by atoms with E-state index in [1.807, 2.05) is 6.92 Å². The van der Waals surface area contributed by atoms with Crippen LogP contribution < -0.4 is 5.32 Å². The molecule has 3 aromatic rings. The molecule has 1 heterocycles. The highest BCUT2D eigenvalue weighted by Gasteiger charge is 2.21. The van der Waals surface area contributed by atoms with Crippen LogP contribution in [0.4, 0.5) is 13.9 Å². The normalized spacial score (nSPS) is 11.6. The number of nitrogens with zero attached hydrogens (tertiary/aromatic N) is 2. The van der Waals surface area contributed by atoms with Crippen molar-refractivity contribution in [2.24, 2.45) is 0 Å². The van der Waals surface area contributed by atoms with E-state index in [0.717, 1.165) is 36.3 Å². The molecule has 6 nitrogen and oxygen atoms in total. The second-order valence-corrected chi connectivity index (χ2v) is 9.72. The van der Waals surface area contributed by atoms with Gasteiger partial charge in [-0.2, -0.15) is 0 Å². The first-order chi connectivity index (χ1) is 14.7. The maximum absolute atomic E-state index is 13.9. The summed E-state index contributed by atoms with van der Waals surface area (Å²) in [6, 6.07) is 8.78. The van der Waals surface area contributed by atoms with Crippen molar-refractivity contribution in [2.75, 3.05) is 18.9 Å². The van der Waals surface area contributed by atoms with Crippen LogP contribution in [0.25, 0.3) is 11.3 Å². The van der Waals surface area contributed by atoms with E-state index in [-0.39, 0.29) is 26.8 Å². The molecule has 0 saturated heterocycles. The Morgan fingerprint density at radius 3 is 2.52 bits per heavy atom. The fraction of sp³-hybridized carbons (Fsp3) is 0.238. The first kappa shape index (κ1) is 23.0. The van der Waals surface area contributed by atoms with Crippen molar-refractivity contribution < 1.29 is 22.0 Å². The lowest BCUT2D eigenvalue weighted by Crippen LogP contribution is -2.28. The molecule has 0 aliphatic carbocycles. The van der Waals surface area contributed by atoms with Crippen molar-refractivity contribution in [1.82, 2.24) is 9.29 Å². The largest absolute Gasteiger partial charge is 0.298 e. The summed E-state index contributed by atoms with van der Waals surface area (Å²) in [7, 11) is -2.09. The molecule has 0 fully saturated rings. The highest BCUT2D eigenvalue weighted by molar-refractivity contribution is 7.89. The lowest BCUT2D eigenvalue weighted by molar-refractivity contribution is 0.102. The van der Waals surface area contributed by atoms with Gasteiger partial charge in [-0.3, -0.25) is 10.1 Å². The third-order valence-electron chi connectivity index (χ3n) is 4.58. The van der Waals surface area contributed by atoms with Gasteiger partial charge < -0.3 is 0 Å². The van der Waals surface area contributed by atoms with Crippen LogP contribution in [-0.2, 0) is 10.0 Å². The van der Waals surface area contributed by atoms with E-state index in [9.17, 15) is 22.0 Å². The molecule has 164 valence electrons. The van der Waals surface area contributed by atoms with Crippen LogP contribution in [0.15, 0.2) is 52.7 Å². The van der Waals surface area contributed by atoms with E-state index >= 15 is 0 Å². The second-order valence-electron chi connectivity index (χ2n) is 6.82. The fourth-order valence-electron chi connectivity index (χ4n) is 2.78. The zero-order valence-corrected chi connectivity index (χ0v) is 18.6. The Hall–Kier alpha value is -2.69. The van der Waals surface area contributed by atoms with Crippen molar-refractivity contribution >= 4 is 32.4 Å². The van der Waals surface area contributed by atoms with Gasteiger partial charge in [0, 0.05) is 36.2 Å². The van der Waals surface area contributed by atoms with Crippen LogP contribution >= 0.6 is 11.3 Å². The molecule has 0 bridgehead atoms. The molecule has 0 aliphatic rings. The molecule has 10 heteroatoms. The number of aromatic nitrogens is 1. The summed E-state index contributed by atoms with van der Waals surface area (Å²) in [5, 5.41) is 4.39. The van der Waals surface area contributed by atoms with E-state index in [4.69, 9.17) is 0 Å². The van der Waals surface area contributed by atoms with Crippen molar-refractivity contribution in [2.45, 2.75) is 24.7 Å². The quantitative estimate of drug-likeness (QED) is 0.520. The Kier molecular flexibility index (Phi) is 7.14. The van der Waals surface area contributed by atoms with Crippen LogP contribution in [0.5, 0.6) is 0 Å². The highest BCUT2D eigenvalue weighted by Crippen LogP contribution is 2.27. The van der Waals surface area contributed by atoms with Gasteiger partial charge in [-0.15, -0.1) is 11.3 Å².